The first kappa shape index (κ1) is 19.4. The molecule has 1 fully saturated rings. The molecule has 0 aromatic rings. The Bertz CT molecular complexity index is 222. The fourth-order valence-corrected chi connectivity index (χ4v) is 1.99. The van der Waals surface area contributed by atoms with Crippen LogP contribution in [0.1, 0.15) is 47.5 Å². The van der Waals surface area contributed by atoms with E-state index in [0.29, 0.717) is 6.10 Å². The van der Waals surface area contributed by atoms with Crippen LogP contribution in [0.15, 0.2) is 0 Å². The number of hydrogen-bond acceptors (Lipinski definition) is 3. The van der Waals surface area contributed by atoms with Gasteiger partial charge in [0.2, 0.25) is 6.41 Å². The SMILES string of the molecule is CC(C)C.CC(C)OCC1CCN(CCNC=O)CC1. The summed E-state index contributed by atoms with van der Waals surface area (Å²) < 4.78 is 5.64. The van der Waals surface area contributed by atoms with E-state index in [1.165, 1.54) is 12.8 Å². The molecule has 1 aliphatic heterocycles. The monoisotopic (exact) mass is 286 g/mol. The van der Waals surface area contributed by atoms with Crippen molar-refractivity contribution in [2.45, 2.75) is 53.6 Å². The molecule has 1 aliphatic rings. The molecular formula is C16H34N2O2. The van der Waals surface area contributed by atoms with Gasteiger partial charge in [0.1, 0.15) is 0 Å². The van der Waals surface area contributed by atoms with Crippen molar-refractivity contribution < 1.29 is 9.53 Å². The predicted octanol–water partition coefficient (Wildman–Crippen LogP) is 2.53. The number of ether oxygens (including phenoxy) is 1. The summed E-state index contributed by atoms with van der Waals surface area (Å²) in [4.78, 5) is 12.5. The first-order valence-corrected chi connectivity index (χ1v) is 7.96. The molecule has 1 N–H and O–H groups in total. The van der Waals surface area contributed by atoms with Gasteiger partial charge >= 0.3 is 0 Å². The molecule has 0 aromatic heterocycles. The van der Waals surface area contributed by atoms with Crippen molar-refractivity contribution in [2.24, 2.45) is 11.8 Å². The summed E-state index contributed by atoms with van der Waals surface area (Å²) in [5.74, 6) is 1.55. The summed E-state index contributed by atoms with van der Waals surface area (Å²) in [5, 5.41) is 2.70. The lowest BCUT2D eigenvalue weighted by atomic mass is 9.98. The van der Waals surface area contributed by atoms with E-state index in [1.807, 2.05) is 0 Å². The van der Waals surface area contributed by atoms with Crippen molar-refractivity contribution in [1.29, 1.82) is 0 Å². The largest absolute Gasteiger partial charge is 0.379 e. The van der Waals surface area contributed by atoms with Crippen molar-refractivity contribution in [1.82, 2.24) is 10.2 Å². The Morgan fingerprint density at radius 1 is 1.20 bits per heavy atom. The number of piperidine rings is 1. The molecule has 4 heteroatoms. The summed E-state index contributed by atoms with van der Waals surface area (Å²) in [6.07, 6.45) is 3.54. The van der Waals surface area contributed by atoms with Gasteiger partial charge in [-0.2, -0.15) is 0 Å². The second-order valence-electron chi connectivity index (χ2n) is 6.47. The van der Waals surface area contributed by atoms with Gasteiger partial charge in [0.05, 0.1) is 6.10 Å². The first-order valence-electron chi connectivity index (χ1n) is 7.96. The zero-order chi connectivity index (χ0) is 15.4. The van der Waals surface area contributed by atoms with Gasteiger partial charge in [0.25, 0.3) is 0 Å². The molecule has 0 spiro atoms. The molecule has 1 heterocycles. The summed E-state index contributed by atoms with van der Waals surface area (Å²) in [7, 11) is 0. The van der Waals surface area contributed by atoms with Crippen LogP contribution in [0.5, 0.6) is 0 Å². The second kappa shape index (κ2) is 12.2. The van der Waals surface area contributed by atoms with E-state index in [-0.39, 0.29) is 0 Å². The maximum atomic E-state index is 10.1. The Labute approximate surface area is 125 Å². The Kier molecular flexibility index (Phi) is 11.8. The summed E-state index contributed by atoms with van der Waals surface area (Å²) in [6, 6.07) is 0. The lowest BCUT2D eigenvalue weighted by molar-refractivity contribution is -0.109. The van der Waals surface area contributed by atoms with Crippen LogP contribution in [0.4, 0.5) is 0 Å². The van der Waals surface area contributed by atoms with Gasteiger partial charge in [-0.15, -0.1) is 0 Å². The fraction of sp³-hybridized carbons (Fsp3) is 0.938. The number of rotatable bonds is 7. The molecule has 1 saturated heterocycles. The van der Waals surface area contributed by atoms with Crippen LogP contribution >= 0.6 is 0 Å². The van der Waals surface area contributed by atoms with Crippen molar-refractivity contribution in [3.05, 3.63) is 0 Å². The average molecular weight is 286 g/mol. The van der Waals surface area contributed by atoms with Crippen LogP contribution in [-0.4, -0.2) is 50.2 Å². The molecule has 0 saturated carbocycles. The van der Waals surface area contributed by atoms with Crippen molar-refractivity contribution in [2.75, 3.05) is 32.8 Å². The lowest BCUT2D eigenvalue weighted by Gasteiger charge is -2.31. The molecule has 4 nitrogen and oxygen atoms in total. The highest BCUT2D eigenvalue weighted by molar-refractivity contribution is 5.45. The Morgan fingerprint density at radius 3 is 2.20 bits per heavy atom. The third-order valence-corrected chi connectivity index (χ3v) is 3.03. The van der Waals surface area contributed by atoms with Gasteiger partial charge in [0.15, 0.2) is 0 Å². The molecule has 0 aliphatic carbocycles. The van der Waals surface area contributed by atoms with Gasteiger partial charge in [0, 0.05) is 19.7 Å². The van der Waals surface area contributed by atoms with Crippen LogP contribution in [0.25, 0.3) is 0 Å². The highest BCUT2D eigenvalue weighted by Crippen LogP contribution is 2.17. The van der Waals surface area contributed by atoms with Crippen LogP contribution in [0, 0.1) is 11.8 Å². The Balaban J connectivity index is 0.000000796. The summed E-state index contributed by atoms with van der Waals surface area (Å²) >= 11 is 0. The van der Waals surface area contributed by atoms with E-state index >= 15 is 0 Å². The maximum absolute atomic E-state index is 10.1. The van der Waals surface area contributed by atoms with Crippen molar-refractivity contribution >= 4 is 6.41 Å². The lowest BCUT2D eigenvalue weighted by Crippen LogP contribution is -2.39. The van der Waals surface area contributed by atoms with Gasteiger partial charge in [-0.05, 0) is 51.6 Å². The quantitative estimate of drug-likeness (QED) is 0.577. The predicted molar refractivity (Wildman–Crippen MR) is 84.8 cm³/mol. The third kappa shape index (κ3) is 12.4. The number of nitrogens with one attached hydrogen (secondary N) is 1. The number of amides is 1. The van der Waals surface area contributed by atoms with E-state index in [0.717, 1.165) is 51.0 Å². The zero-order valence-electron chi connectivity index (χ0n) is 14.0. The van der Waals surface area contributed by atoms with E-state index in [1.54, 1.807) is 0 Å². The topological polar surface area (TPSA) is 41.6 Å². The average Bonchev–Trinajstić information content (AvgIpc) is 2.37. The second-order valence-corrected chi connectivity index (χ2v) is 6.47. The van der Waals surface area contributed by atoms with E-state index in [4.69, 9.17) is 4.74 Å². The number of likely N-dealkylation sites (tertiary alicyclic amines) is 1. The zero-order valence-corrected chi connectivity index (χ0v) is 14.0. The summed E-state index contributed by atoms with van der Waals surface area (Å²) in [6.45, 7) is 15.6. The van der Waals surface area contributed by atoms with Crippen LogP contribution in [0.3, 0.4) is 0 Å². The molecule has 0 aromatic carbocycles. The number of nitrogens with zero attached hydrogens (tertiary/aromatic N) is 1. The molecule has 0 atom stereocenters. The molecule has 120 valence electrons. The smallest absolute Gasteiger partial charge is 0.207 e. The highest BCUT2D eigenvalue weighted by atomic mass is 16.5. The Morgan fingerprint density at radius 2 is 1.75 bits per heavy atom. The minimum atomic E-state index is 0.342. The molecule has 1 amide bonds. The maximum Gasteiger partial charge on any atom is 0.207 e. The first-order chi connectivity index (χ1) is 9.45. The molecule has 1 rings (SSSR count). The molecule has 20 heavy (non-hydrogen) atoms. The van der Waals surface area contributed by atoms with Crippen LogP contribution in [-0.2, 0) is 9.53 Å². The molecule has 0 unspecified atom stereocenters. The van der Waals surface area contributed by atoms with Gasteiger partial charge in [-0.3, -0.25) is 4.79 Å². The van der Waals surface area contributed by atoms with E-state index < -0.39 is 0 Å². The number of hydrogen-bond donors (Lipinski definition) is 1. The van der Waals surface area contributed by atoms with E-state index in [9.17, 15) is 4.79 Å². The normalized spacial score (nSPS) is 16.9. The van der Waals surface area contributed by atoms with Crippen molar-refractivity contribution in [3.8, 4) is 0 Å². The third-order valence-electron chi connectivity index (χ3n) is 3.03. The Hall–Kier alpha value is -0.610. The highest BCUT2D eigenvalue weighted by Gasteiger charge is 2.18. The van der Waals surface area contributed by atoms with Gasteiger partial charge in [-0.25, -0.2) is 0 Å². The van der Waals surface area contributed by atoms with Crippen molar-refractivity contribution in [3.63, 3.8) is 0 Å². The molecular weight excluding hydrogens is 252 g/mol. The molecule has 0 radical (unpaired) electrons. The fourth-order valence-electron chi connectivity index (χ4n) is 1.99. The van der Waals surface area contributed by atoms with Gasteiger partial charge < -0.3 is 15.0 Å². The van der Waals surface area contributed by atoms with Gasteiger partial charge in [-0.1, -0.05) is 20.8 Å². The minimum absolute atomic E-state index is 0.342. The number of carbonyl (C=O) groups is 1. The number of carbonyl (C=O) groups excluding carboxylic acids is 1. The van der Waals surface area contributed by atoms with Crippen LogP contribution < -0.4 is 5.32 Å². The molecule has 0 bridgehead atoms. The minimum Gasteiger partial charge on any atom is -0.379 e. The standard InChI is InChI=1S/C12H24N2O2.C4H10/c1-11(2)16-9-12-3-6-14(7-4-12)8-5-13-10-15;1-4(2)3/h10-12H,3-9H2,1-2H3,(H,13,15);4H,1-3H3. The summed E-state index contributed by atoms with van der Waals surface area (Å²) in [5.41, 5.74) is 0. The van der Waals surface area contributed by atoms with E-state index in [2.05, 4.69) is 44.8 Å². The van der Waals surface area contributed by atoms with Crippen LogP contribution in [0.2, 0.25) is 0 Å².